The van der Waals surface area contributed by atoms with Gasteiger partial charge in [-0.2, -0.15) is 0 Å². The molecule has 1 N–H and O–H groups in total. The van der Waals surface area contributed by atoms with Crippen LogP contribution in [0.2, 0.25) is 0 Å². The molecule has 8 nitrogen and oxygen atoms in total. The summed E-state index contributed by atoms with van der Waals surface area (Å²) in [7, 11) is 1.67. The number of rotatable bonds is 6. The molecule has 0 spiro atoms. The highest BCUT2D eigenvalue weighted by Crippen LogP contribution is 2.42. The van der Waals surface area contributed by atoms with Gasteiger partial charge in [-0.1, -0.05) is 6.58 Å². The van der Waals surface area contributed by atoms with E-state index >= 15 is 0 Å². The van der Waals surface area contributed by atoms with Gasteiger partial charge in [-0.3, -0.25) is 9.59 Å². The molecule has 0 unspecified atom stereocenters. The van der Waals surface area contributed by atoms with Crippen LogP contribution in [0.15, 0.2) is 64.5 Å². The summed E-state index contributed by atoms with van der Waals surface area (Å²) in [4.78, 5) is 25.8. The lowest BCUT2D eigenvalue weighted by molar-refractivity contribution is -0.111. The molecule has 0 bridgehead atoms. The second-order valence-electron chi connectivity index (χ2n) is 8.81. The zero-order valence-corrected chi connectivity index (χ0v) is 21.9. The van der Waals surface area contributed by atoms with E-state index in [2.05, 4.69) is 22.1 Å². The van der Waals surface area contributed by atoms with Gasteiger partial charge >= 0.3 is 0 Å². The van der Waals surface area contributed by atoms with Gasteiger partial charge < -0.3 is 19.0 Å². The third-order valence-corrected chi connectivity index (χ3v) is 7.07. The Hall–Kier alpha value is -4.57. The van der Waals surface area contributed by atoms with Crippen LogP contribution in [-0.2, 0) is 11.8 Å². The third-order valence-electron chi connectivity index (χ3n) is 5.96. The SMILES string of the molecule is C=CC(=O)Nc1ccc(Oc2c(C)cc(F)cc2C)c(-c2cn(C)c(=O)c3sc(-c4nnc(C)o4)cc23)c1. The first-order chi connectivity index (χ1) is 18.1. The lowest BCUT2D eigenvalue weighted by Crippen LogP contribution is -2.15. The number of hydrogen-bond donors (Lipinski definition) is 1. The molecule has 5 rings (SSSR count). The number of nitrogens with one attached hydrogen (secondary N) is 1. The average Bonchev–Trinajstić information content (AvgIpc) is 3.51. The summed E-state index contributed by atoms with van der Waals surface area (Å²) in [5.41, 5.74) is 2.89. The number of anilines is 1. The number of hydrogen-bond acceptors (Lipinski definition) is 7. The molecule has 0 aliphatic rings. The van der Waals surface area contributed by atoms with Crippen LogP contribution in [0.3, 0.4) is 0 Å². The summed E-state index contributed by atoms with van der Waals surface area (Å²) in [6, 6.07) is 9.83. The summed E-state index contributed by atoms with van der Waals surface area (Å²) < 4.78 is 27.9. The normalized spacial score (nSPS) is 11.1. The lowest BCUT2D eigenvalue weighted by Gasteiger charge is -2.17. The van der Waals surface area contributed by atoms with Crippen molar-refractivity contribution in [3.63, 3.8) is 0 Å². The van der Waals surface area contributed by atoms with Crippen LogP contribution in [0.1, 0.15) is 17.0 Å². The molecule has 38 heavy (non-hydrogen) atoms. The molecular formula is C28H23FN4O4S. The van der Waals surface area contributed by atoms with Gasteiger partial charge in [0.1, 0.15) is 22.0 Å². The van der Waals surface area contributed by atoms with Gasteiger partial charge in [-0.15, -0.1) is 21.5 Å². The number of carbonyl (C=O) groups excluding carboxylic acids is 1. The number of ether oxygens (including phenoxy) is 1. The molecule has 0 saturated heterocycles. The molecule has 3 aromatic heterocycles. The minimum absolute atomic E-state index is 0.181. The number of halogens is 1. The maximum absolute atomic E-state index is 13.9. The molecule has 0 atom stereocenters. The van der Waals surface area contributed by atoms with Crippen molar-refractivity contribution in [1.29, 1.82) is 0 Å². The Kier molecular flexibility index (Phi) is 6.41. The Bertz CT molecular complexity index is 1780. The Morgan fingerprint density at radius 2 is 1.87 bits per heavy atom. The topological polar surface area (TPSA) is 99.2 Å². The van der Waals surface area contributed by atoms with Crippen LogP contribution in [0.5, 0.6) is 11.5 Å². The first-order valence-corrected chi connectivity index (χ1v) is 12.4. The fraction of sp³-hybridized carbons (Fsp3) is 0.143. The summed E-state index contributed by atoms with van der Waals surface area (Å²) in [5, 5.41) is 11.4. The first-order valence-electron chi connectivity index (χ1n) is 11.6. The summed E-state index contributed by atoms with van der Waals surface area (Å²) >= 11 is 1.25. The van der Waals surface area contributed by atoms with Gasteiger partial charge in [0.15, 0.2) is 0 Å². The van der Waals surface area contributed by atoms with Gasteiger partial charge in [0, 0.05) is 42.4 Å². The van der Waals surface area contributed by atoms with Crippen molar-refractivity contribution in [1.82, 2.24) is 14.8 Å². The van der Waals surface area contributed by atoms with E-state index in [9.17, 15) is 14.0 Å². The van der Waals surface area contributed by atoms with Gasteiger partial charge in [0.05, 0.1) is 4.88 Å². The van der Waals surface area contributed by atoms with Crippen LogP contribution >= 0.6 is 11.3 Å². The third kappa shape index (κ3) is 4.61. The van der Waals surface area contributed by atoms with E-state index < -0.39 is 0 Å². The lowest BCUT2D eigenvalue weighted by atomic mass is 10.0. The largest absolute Gasteiger partial charge is 0.456 e. The van der Waals surface area contributed by atoms with E-state index in [0.29, 0.717) is 66.2 Å². The maximum Gasteiger partial charge on any atom is 0.268 e. The molecule has 3 heterocycles. The quantitative estimate of drug-likeness (QED) is 0.259. The van der Waals surface area contributed by atoms with E-state index in [4.69, 9.17) is 9.15 Å². The highest BCUT2D eigenvalue weighted by atomic mass is 32.1. The Labute approximate surface area is 221 Å². The molecule has 1 amide bonds. The van der Waals surface area contributed by atoms with Crippen molar-refractivity contribution in [2.24, 2.45) is 7.05 Å². The molecule has 10 heteroatoms. The number of amides is 1. The van der Waals surface area contributed by atoms with Gasteiger partial charge in [0.2, 0.25) is 11.8 Å². The zero-order valence-electron chi connectivity index (χ0n) is 21.1. The smallest absolute Gasteiger partial charge is 0.268 e. The minimum atomic E-state index is -0.370. The van der Waals surface area contributed by atoms with Gasteiger partial charge in [-0.25, -0.2) is 4.39 Å². The Morgan fingerprint density at radius 3 is 2.53 bits per heavy atom. The molecule has 5 aromatic rings. The minimum Gasteiger partial charge on any atom is -0.456 e. The Morgan fingerprint density at radius 1 is 1.13 bits per heavy atom. The molecule has 0 saturated carbocycles. The van der Waals surface area contributed by atoms with Crippen molar-refractivity contribution in [2.75, 3.05) is 5.32 Å². The van der Waals surface area contributed by atoms with Crippen molar-refractivity contribution >= 4 is 33.0 Å². The van der Waals surface area contributed by atoms with E-state index in [-0.39, 0.29) is 17.3 Å². The fourth-order valence-electron chi connectivity index (χ4n) is 4.22. The molecule has 2 aromatic carbocycles. The van der Waals surface area contributed by atoms with Crippen LogP contribution in [0.25, 0.3) is 32.0 Å². The van der Waals surface area contributed by atoms with E-state index in [0.717, 1.165) is 0 Å². The van der Waals surface area contributed by atoms with Crippen molar-refractivity contribution in [3.05, 3.63) is 88.4 Å². The van der Waals surface area contributed by atoms with Crippen LogP contribution in [0, 0.1) is 26.6 Å². The molecule has 0 aliphatic heterocycles. The molecule has 0 fully saturated rings. The van der Waals surface area contributed by atoms with Gasteiger partial charge in [-0.05, 0) is 67.4 Å². The number of fused-ring (bicyclic) bond motifs is 1. The maximum atomic E-state index is 13.9. The number of carbonyl (C=O) groups is 1. The second kappa shape index (κ2) is 9.71. The molecular weight excluding hydrogens is 507 g/mol. The van der Waals surface area contributed by atoms with Crippen molar-refractivity contribution in [3.8, 4) is 33.4 Å². The van der Waals surface area contributed by atoms with E-state index in [1.165, 1.54) is 34.1 Å². The summed E-state index contributed by atoms with van der Waals surface area (Å²) in [6.45, 7) is 8.74. The van der Waals surface area contributed by atoms with Crippen molar-refractivity contribution < 1.29 is 18.3 Å². The monoisotopic (exact) mass is 530 g/mol. The predicted molar refractivity (Wildman–Crippen MR) is 145 cm³/mol. The predicted octanol–water partition coefficient (Wildman–Crippen LogP) is 6.30. The second-order valence-corrected chi connectivity index (χ2v) is 9.87. The zero-order chi connectivity index (χ0) is 27.1. The number of aromatic nitrogens is 3. The van der Waals surface area contributed by atoms with Crippen LogP contribution < -0.4 is 15.6 Å². The fourth-order valence-corrected chi connectivity index (χ4v) is 5.29. The summed E-state index contributed by atoms with van der Waals surface area (Å²) in [5.74, 6) is 0.987. The highest BCUT2D eigenvalue weighted by molar-refractivity contribution is 7.22. The van der Waals surface area contributed by atoms with Crippen molar-refractivity contribution in [2.45, 2.75) is 20.8 Å². The standard InChI is InChI=1S/C28H23FN4O4S/c1-6-24(34)30-18-7-8-22(37-25-14(2)9-17(29)10-15(25)3)19(11-18)21-13-33(5)28(35)26-20(21)12-23(38-26)27-32-31-16(4)36-27/h6-13H,1H2,2-5H3,(H,30,34). The first kappa shape index (κ1) is 25.1. The average molecular weight is 531 g/mol. The van der Waals surface area contributed by atoms with E-state index in [1.807, 2.05) is 6.07 Å². The van der Waals surface area contributed by atoms with Crippen LogP contribution in [-0.4, -0.2) is 20.7 Å². The summed E-state index contributed by atoms with van der Waals surface area (Å²) in [6.07, 6.45) is 2.89. The number of aryl methyl sites for hydroxylation is 4. The van der Waals surface area contributed by atoms with E-state index in [1.54, 1.807) is 52.2 Å². The van der Waals surface area contributed by atoms with Gasteiger partial charge in [0.25, 0.3) is 11.4 Å². The van der Waals surface area contributed by atoms with Crippen LogP contribution in [0.4, 0.5) is 10.1 Å². The highest BCUT2D eigenvalue weighted by Gasteiger charge is 2.20. The molecule has 0 radical (unpaired) electrons. The Balaban J connectivity index is 1.75. The molecule has 192 valence electrons. The number of pyridine rings is 1. The number of benzene rings is 2. The molecule has 0 aliphatic carbocycles. The number of thiophene rings is 1. The number of nitrogens with zero attached hydrogens (tertiary/aromatic N) is 3.